The van der Waals surface area contributed by atoms with E-state index in [1.807, 2.05) is 0 Å². The second-order valence-corrected chi connectivity index (χ2v) is 4.48. The van der Waals surface area contributed by atoms with E-state index in [0.29, 0.717) is 18.3 Å². The van der Waals surface area contributed by atoms with Crippen LogP contribution in [0.4, 0.5) is 0 Å². The number of carboxylic acid groups (broad SMARTS) is 1. The molecule has 0 aliphatic carbocycles. The molecule has 18 heavy (non-hydrogen) atoms. The van der Waals surface area contributed by atoms with E-state index in [-0.39, 0.29) is 0 Å². The van der Waals surface area contributed by atoms with Crippen molar-refractivity contribution in [1.29, 1.82) is 0 Å². The molecule has 0 aliphatic rings. The lowest BCUT2D eigenvalue weighted by molar-refractivity contribution is -0.138. The monoisotopic (exact) mass is 254 g/mol. The van der Waals surface area contributed by atoms with Gasteiger partial charge >= 0.3 is 5.97 Å². The first-order chi connectivity index (χ1) is 8.65. The van der Waals surface area contributed by atoms with Crippen LogP contribution in [-0.4, -0.2) is 21.0 Å². The second kappa shape index (κ2) is 10.8. The zero-order valence-electron chi connectivity index (χ0n) is 11.7. The minimum absolute atomic E-state index is 0.347. The minimum Gasteiger partial charge on any atom is -0.481 e. The summed E-state index contributed by atoms with van der Waals surface area (Å²) in [5.74, 6) is 0.332. The molecule has 0 fully saturated rings. The third-order valence-corrected chi connectivity index (χ3v) is 3.22. The van der Waals surface area contributed by atoms with E-state index in [1.54, 1.807) is 18.7 Å². The third kappa shape index (κ3) is 7.87. The summed E-state index contributed by atoms with van der Waals surface area (Å²) in [4.78, 5) is 17.0. The molecule has 0 saturated heterocycles. The number of aromatic amines is 1. The van der Waals surface area contributed by atoms with Crippen molar-refractivity contribution in [2.24, 2.45) is 11.8 Å². The molecule has 0 saturated carbocycles. The summed E-state index contributed by atoms with van der Waals surface area (Å²) in [5, 5.41) is 8.75. The molecule has 2 N–H and O–H groups in total. The molecule has 1 unspecified atom stereocenters. The quantitative estimate of drug-likeness (QED) is 0.779. The second-order valence-electron chi connectivity index (χ2n) is 4.48. The smallest absolute Gasteiger partial charge is 0.303 e. The van der Waals surface area contributed by atoms with Gasteiger partial charge in [-0.2, -0.15) is 0 Å². The van der Waals surface area contributed by atoms with Crippen LogP contribution < -0.4 is 0 Å². The Kier molecular flexibility index (Phi) is 10.0. The Bertz CT molecular complexity index is 265. The van der Waals surface area contributed by atoms with Gasteiger partial charge in [0.1, 0.15) is 0 Å². The molecule has 1 aromatic rings. The van der Waals surface area contributed by atoms with Crippen LogP contribution in [0.5, 0.6) is 0 Å². The Morgan fingerprint density at radius 2 is 1.94 bits per heavy atom. The maximum atomic E-state index is 10.6. The minimum atomic E-state index is -0.648. The highest BCUT2D eigenvalue weighted by Crippen LogP contribution is 2.26. The first-order valence-corrected chi connectivity index (χ1v) is 6.80. The number of carbonyl (C=O) groups is 1. The van der Waals surface area contributed by atoms with E-state index in [2.05, 4.69) is 30.7 Å². The lowest BCUT2D eigenvalue weighted by Crippen LogP contribution is -2.17. The molecule has 4 nitrogen and oxygen atoms in total. The van der Waals surface area contributed by atoms with Gasteiger partial charge in [0.15, 0.2) is 0 Å². The predicted molar refractivity (Wildman–Crippen MR) is 73.3 cm³/mol. The fourth-order valence-corrected chi connectivity index (χ4v) is 2.27. The van der Waals surface area contributed by atoms with Crippen molar-refractivity contribution in [1.82, 2.24) is 9.97 Å². The number of aromatic nitrogens is 2. The highest BCUT2D eigenvalue weighted by Gasteiger charge is 2.20. The molecule has 1 atom stereocenters. The van der Waals surface area contributed by atoms with E-state index in [1.165, 1.54) is 0 Å². The summed E-state index contributed by atoms with van der Waals surface area (Å²) < 4.78 is 0. The van der Waals surface area contributed by atoms with E-state index in [0.717, 1.165) is 25.7 Å². The van der Waals surface area contributed by atoms with Crippen LogP contribution in [0.3, 0.4) is 0 Å². The number of hydrogen-bond acceptors (Lipinski definition) is 2. The van der Waals surface area contributed by atoms with Crippen LogP contribution in [0.25, 0.3) is 0 Å². The molecule has 0 bridgehead atoms. The maximum Gasteiger partial charge on any atom is 0.303 e. The zero-order chi connectivity index (χ0) is 13.8. The number of rotatable bonds is 7. The van der Waals surface area contributed by atoms with E-state index >= 15 is 0 Å². The average Bonchev–Trinajstić information content (AvgIpc) is 2.88. The molecule has 0 radical (unpaired) electrons. The Balaban J connectivity index is 0.000000473. The molecule has 1 heterocycles. The van der Waals surface area contributed by atoms with Crippen LogP contribution in [0.2, 0.25) is 0 Å². The maximum absolute atomic E-state index is 10.6. The van der Waals surface area contributed by atoms with Crippen molar-refractivity contribution in [3.8, 4) is 0 Å². The summed E-state index contributed by atoms with van der Waals surface area (Å²) in [5.41, 5.74) is 0. The lowest BCUT2D eigenvalue weighted by Gasteiger charge is -2.23. The van der Waals surface area contributed by atoms with Crippen molar-refractivity contribution in [3.63, 3.8) is 0 Å². The fourth-order valence-electron chi connectivity index (χ4n) is 2.27. The molecule has 1 aromatic heterocycles. The number of nitrogens with one attached hydrogen (secondary N) is 1. The molecule has 1 rings (SSSR count). The largest absolute Gasteiger partial charge is 0.481 e. The predicted octanol–water partition coefficient (Wildman–Crippen LogP) is 3.72. The Labute approximate surface area is 110 Å². The van der Waals surface area contributed by atoms with E-state index in [4.69, 9.17) is 5.11 Å². The summed E-state index contributed by atoms with van der Waals surface area (Å²) in [6, 6.07) is 0. The standard InChI is InChI=1S/C11H22O2.C3H4N2/c1-4-7-10(8-11(12)13)9(5-2)6-3;1-2-5-3-4-1/h9-10H,4-8H2,1-3H3,(H,12,13);1-3H,(H,4,5). The number of H-pyrrole nitrogens is 1. The number of imidazole rings is 1. The van der Waals surface area contributed by atoms with Gasteiger partial charge in [0.25, 0.3) is 0 Å². The Morgan fingerprint density at radius 3 is 2.22 bits per heavy atom. The summed E-state index contributed by atoms with van der Waals surface area (Å²) in [6.07, 6.45) is 9.79. The van der Waals surface area contributed by atoms with Gasteiger partial charge in [-0.25, -0.2) is 4.98 Å². The van der Waals surface area contributed by atoms with Gasteiger partial charge in [0.05, 0.1) is 6.33 Å². The van der Waals surface area contributed by atoms with Crippen molar-refractivity contribution in [3.05, 3.63) is 18.7 Å². The van der Waals surface area contributed by atoms with Crippen molar-refractivity contribution >= 4 is 5.97 Å². The van der Waals surface area contributed by atoms with Gasteiger partial charge in [-0.1, -0.05) is 40.0 Å². The van der Waals surface area contributed by atoms with E-state index in [9.17, 15) is 4.79 Å². The van der Waals surface area contributed by atoms with Gasteiger partial charge in [-0.05, 0) is 18.3 Å². The molecule has 4 heteroatoms. The SMILES string of the molecule is CCCC(CC(=O)O)C(CC)CC.c1c[nH]cn1. The number of aliphatic carboxylic acids is 1. The van der Waals surface area contributed by atoms with Gasteiger partial charge in [-0.15, -0.1) is 0 Å². The fraction of sp³-hybridized carbons (Fsp3) is 0.714. The van der Waals surface area contributed by atoms with Crippen molar-refractivity contribution in [2.75, 3.05) is 0 Å². The summed E-state index contributed by atoms with van der Waals surface area (Å²) in [7, 11) is 0. The number of carboxylic acids is 1. The van der Waals surface area contributed by atoms with Crippen LogP contribution in [-0.2, 0) is 4.79 Å². The van der Waals surface area contributed by atoms with Crippen molar-refractivity contribution < 1.29 is 9.90 Å². The zero-order valence-corrected chi connectivity index (χ0v) is 11.7. The molecule has 0 spiro atoms. The molecule has 0 aromatic carbocycles. The Hall–Kier alpha value is -1.32. The third-order valence-electron chi connectivity index (χ3n) is 3.22. The van der Waals surface area contributed by atoms with Gasteiger partial charge in [0, 0.05) is 18.8 Å². The van der Waals surface area contributed by atoms with Crippen LogP contribution in [0.15, 0.2) is 18.7 Å². The van der Waals surface area contributed by atoms with Gasteiger partial charge in [-0.3, -0.25) is 4.79 Å². The normalized spacial score (nSPS) is 11.8. The summed E-state index contributed by atoms with van der Waals surface area (Å²) in [6.45, 7) is 6.43. The number of hydrogen-bond donors (Lipinski definition) is 2. The molecular weight excluding hydrogens is 228 g/mol. The highest BCUT2D eigenvalue weighted by atomic mass is 16.4. The molecule has 104 valence electrons. The topological polar surface area (TPSA) is 66.0 Å². The van der Waals surface area contributed by atoms with Crippen LogP contribution in [0.1, 0.15) is 52.9 Å². The average molecular weight is 254 g/mol. The first kappa shape index (κ1) is 16.7. The van der Waals surface area contributed by atoms with Gasteiger partial charge < -0.3 is 10.1 Å². The molecular formula is C14H26N2O2. The Morgan fingerprint density at radius 1 is 1.28 bits per heavy atom. The van der Waals surface area contributed by atoms with Crippen LogP contribution >= 0.6 is 0 Å². The molecule has 0 aliphatic heterocycles. The first-order valence-electron chi connectivity index (χ1n) is 6.80. The van der Waals surface area contributed by atoms with Crippen LogP contribution in [0, 0.1) is 11.8 Å². The van der Waals surface area contributed by atoms with Crippen molar-refractivity contribution in [2.45, 2.75) is 52.9 Å². The lowest BCUT2D eigenvalue weighted by atomic mass is 9.82. The van der Waals surface area contributed by atoms with Gasteiger partial charge in [0.2, 0.25) is 0 Å². The summed E-state index contributed by atoms with van der Waals surface area (Å²) >= 11 is 0. The molecule has 0 amide bonds. The van der Waals surface area contributed by atoms with E-state index < -0.39 is 5.97 Å². The highest BCUT2D eigenvalue weighted by molar-refractivity contribution is 5.67. The number of nitrogens with zero attached hydrogens (tertiary/aromatic N) is 1.